The summed E-state index contributed by atoms with van der Waals surface area (Å²) in [5.41, 5.74) is 1.42. The summed E-state index contributed by atoms with van der Waals surface area (Å²) < 4.78 is 0.514. The molecule has 0 spiro atoms. The predicted molar refractivity (Wildman–Crippen MR) is 103 cm³/mol. The first-order valence-electron chi connectivity index (χ1n) is 7.87. The van der Waals surface area contributed by atoms with Gasteiger partial charge in [0.2, 0.25) is 0 Å². The van der Waals surface area contributed by atoms with Crippen LogP contribution in [-0.4, -0.2) is 4.58 Å². The number of aryl methyl sites for hydroxylation is 1. The van der Waals surface area contributed by atoms with Crippen molar-refractivity contribution in [3.8, 4) is 0 Å². The molecule has 0 radical (unpaired) electrons. The van der Waals surface area contributed by atoms with E-state index in [4.69, 9.17) is 0 Å². The van der Waals surface area contributed by atoms with Gasteiger partial charge in [-0.25, -0.2) is 0 Å². The number of rotatable bonds is 7. The molecule has 0 fully saturated rings. The van der Waals surface area contributed by atoms with Crippen LogP contribution >= 0.6 is 23.5 Å². The number of thioether (sulfide) groups is 2. The Hall–Kier alpha value is -1.64. The number of benzene rings is 3. The van der Waals surface area contributed by atoms with E-state index in [0.717, 1.165) is 12.8 Å². The zero-order chi connectivity index (χ0) is 15.7. The van der Waals surface area contributed by atoms with Crippen LogP contribution in [0.4, 0.5) is 0 Å². The lowest BCUT2D eigenvalue weighted by Gasteiger charge is -2.16. The van der Waals surface area contributed by atoms with Crippen molar-refractivity contribution < 1.29 is 0 Å². The number of hydrogen-bond donors (Lipinski definition) is 0. The monoisotopic (exact) mass is 336 g/mol. The van der Waals surface area contributed by atoms with Crippen molar-refractivity contribution in [1.82, 2.24) is 0 Å². The first-order chi connectivity index (χ1) is 11.4. The van der Waals surface area contributed by atoms with Gasteiger partial charge in [-0.15, -0.1) is 23.5 Å². The molecule has 0 N–H and O–H groups in total. The van der Waals surface area contributed by atoms with Gasteiger partial charge in [-0.05, 0) is 42.7 Å². The lowest BCUT2D eigenvalue weighted by molar-refractivity contribution is 0.903. The van der Waals surface area contributed by atoms with Gasteiger partial charge in [-0.3, -0.25) is 0 Å². The Kier molecular flexibility index (Phi) is 6.25. The lowest BCUT2D eigenvalue weighted by Crippen LogP contribution is -2.00. The first-order valence-corrected chi connectivity index (χ1v) is 9.63. The third kappa shape index (κ3) is 5.49. The molecule has 0 aliphatic carbocycles. The third-order valence-electron chi connectivity index (χ3n) is 3.53. The molecule has 3 rings (SSSR count). The highest BCUT2D eigenvalue weighted by molar-refractivity contribution is 8.17. The molecule has 0 heterocycles. The maximum Gasteiger partial charge on any atom is 0.0600 e. The van der Waals surface area contributed by atoms with Crippen molar-refractivity contribution in [3.63, 3.8) is 0 Å². The van der Waals surface area contributed by atoms with Gasteiger partial charge in [-0.2, -0.15) is 0 Å². The molecule has 0 aromatic heterocycles. The van der Waals surface area contributed by atoms with E-state index in [1.807, 2.05) is 23.5 Å². The molecule has 0 amide bonds. The lowest BCUT2D eigenvalue weighted by atomic mass is 10.1. The largest absolute Gasteiger partial charge is 0.111 e. The third-order valence-corrected chi connectivity index (χ3v) is 6.20. The maximum absolute atomic E-state index is 2.22. The van der Waals surface area contributed by atoms with E-state index in [0.29, 0.717) is 4.58 Å². The van der Waals surface area contributed by atoms with Gasteiger partial charge in [0.15, 0.2) is 0 Å². The summed E-state index contributed by atoms with van der Waals surface area (Å²) in [5, 5.41) is 0. The van der Waals surface area contributed by atoms with Crippen LogP contribution in [0.5, 0.6) is 0 Å². The van der Waals surface area contributed by atoms with Gasteiger partial charge < -0.3 is 0 Å². The molecule has 0 atom stereocenters. The fraction of sp³-hybridized carbons (Fsp3) is 0.143. The van der Waals surface area contributed by atoms with Crippen LogP contribution in [-0.2, 0) is 6.42 Å². The van der Waals surface area contributed by atoms with E-state index in [9.17, 15) is 0 Å². The van der Waals surface area contributed by atoms with Crippen LogP contribution < -0.4 is 0 Å². The molecule has 0 saturated heterocycles. The predicted octanol–water partition coefficient (Wildman–Crippen LogP) is 6.53. The molecule has 0 nitrogen and oxygen atoms in total. The molecule has 2 heteroatoms. The first kappa shape index (κ1) is 16.2. The molecular formula is C21H20S2. The molecule has 0 bridgehead atoms. The molecule has 0 aliphatic rings. The summed E-state index contributed by atoms with van der Waals surface area (Å²) in [7, 11) is 0. The van der Waals surface area contributed by atoms with Crippen molar-refractivity contribution in [2.75, 3.05) is 0 Å². The Morgan fingerprint density at radius 3 is 1.48 bits per heavy atom. The Morgan fingerprint density at radius 2 is 1.00 bits per heavy atom. The van der Waals surface area contributed by atoms with Gasteiger partial charge >= 0.3 is 0 Å². The molecular weight excluding hydrogens is 316 g/mol. The van der Waals surface area contributed by atoms with E-state index in [-0.39, 0.29) is 0 Å². The Balaban J connectivity index is 1.67. The maximum atomic E-state index is 2.22. The molecule has 116 valence electrons. The molecule has 3 aromatic carbocycles. The van der Waals surface area contributed by atoms with Crippen molar-refractivity contribution in [1.29, 1.82) is 0 Å². The van der Waals surface area contributed by atoms with E-state index in [1.54, 1.807) is 0 Å². The van der Waals surface area contributed by atoms with Gasteiger partial charge in [0.1, 0.15) is 0 Å². The smallest absolute Gasteiger partial charge is 0.0600 e. The minimum atomic E-state index is 0.514. The van der Waals surface area contributed by atoms with Crippen LogP contribution in [0.2, 0.25) is 0 Å². The van der Waals surface area contributed by atoms with Crippen LogP contribution in [0, 0.1) is 0 Å². The van der Waals surface area contributed by atoms with Crippen molar-refractivity contribution in [2.24, 2.45) is 0 Å². The van der Waals surface area contributed by atoms with Crippen molar-refractivity contribution in [3.05, 3.63) is 96.6 Å². The highest BCUT2D eigenvalue weighted by atomic mass is 32.2. The topological polar surface area (TPSA) is 0 Å². The SMILES string of the molecule is c1ccc(CCC(Sc2ccccc2)Sc2ccccc2)cc1. The van der Waals surface area contributed by atoms with Crippen molar-refractivity contribution in [2.45, 2.75) is 27.2 Å². The molecule has 0 aliphatic heterocycles. The van der Waals surface area contributed by atoms with Gasteiger partial charge in [0, 0.05) is 9.79 Å². The quantitative estimate of drug-likeness (QED) is 0.355. The van der Waals surface area contributed by atoms with Crippen LogP contribution in [0.25, 0.3) is 0 Å². The summed E-state index contributed by atoms with van der Waals surface area (Å²) >= 11 is 3.93. The summed E-state index contributed by atoms with van der Waals surface area (Å²) in [6.45, 7) is 0. The number of hydrogen-bond acceptors (Lipinski definition) is 2. The Bertz CT molecular complexity index is 639. The zero-order valence-electron chi connectivity index (χ0n) is 13.0. The highest BCUT2D eigenvalue weighted by Crippen LogP contribution is 2.38. The summed E-state index contributed by atoms with van der Waals surface area (Å²) in [4.78, 5) is 2.68. The van der Waals surface area contributed by atoms with E-state index in [1.165, 1.54) is 15.4 Å². The van der Waals surface area contributed by atoms with E-state index in [2.05, 4.69) is 91.0 Å². The highest BCUT2D eigenvalue weighted by Gasteiger charge is 2.12. The molecule has 0 unspecified atom stereocenters. The zero-order valence-corrected chi connectivity index (χ0v) is 14.6. The normalized spacial score (nSPS) is 10.8. The fourth-order valence-electron chi connectivity index (χ4n) is 2.37. The molecule has 0 saturated carbocycles. The summed E-state index contributed by atoms with van der Waals surface area (Å²) in [5.74, 6) is 0. The standard InChI is InChI=1S/C21H20S2/c1-4-10-18(11-5-1)16-17-21(22-19-12-6-2-7-13-19)23-20-14-8-3-9-15-20/h1-15,21H,16-17H2. The van der Waals surface area contributed by atoms with Crippen LogP contribution in [0.15, 0.2) is 101 Å². The second kappa shape index (κ2) is 8.85. The second-order valence-electron chi connectivity index (χ2n) is 5.32. The Labute approximate surface area is 147 Å². The van der Waals surface area contributed by atoms with Crippen LogP contribution in [0.3, 0.4) is 0 Å². The minimum absolute atomic E-state index is 0.514. The van der Waals surface area contributed by atoms with E-state index < -0.39 is 0 Å². The molecule has 23 heavy (non-hydrogen) atoms. The summed E-state index contributed by atoms with van der Waals surface area (Å²) in [6, 6.07) is 32.2. The second-order valence-corrected chi connectivity index (χ2v) is 8.17. The van der Waals surface area contributed by atoms with Gasteiger partial charge in [0.25, 0.3) is 0 Å². The average Bonchev–Trinajstić information content (AvgIpc) is 2.62. The fourth-order valence-corrected chi connectivity index (χ4v) is 4.94. The van der Waals surface area contributed by atoms with E-state index >= 15 is 0 Å². The van der Waals surface area contributed by atoms with Gasteiger partial charge in [-0.1, -0.05) is 66.7 Å². The van der Waals surface area contributed by atoms with Crippen LogP contribution in [0.1, 0.15) is 12.0 Å². The van der Waals surface area contributed by atoms with Gasteiger partial charge in [0.05, 0.1) is 4.58 Å². The summed E-state index contributed by atoms with van der Waals surface area (Å²) in [6.07, 6.45) is 2.27. The minimum Gasteiger partial charge on any atom is -0.111 e. The Morgan fingerprint density at radius 1 is 0.565 bits per heavy atom. The van der Waals surface area contributed by atoms with Crippen molar-refractivity contribution >= 4 is 23.5 Å². The molecule has 3 aromatic rings. The average molecular weight is 337 g/mol.